The van der Waals surface area contributed by atoms with E-state index in [1.54, 1.807) is 4.90 Å². The molecule has 0 saturated heterocycles. The smallest absolute Gasteiger partial charge is 0.411 e. The number of nitrogens with zero attached hydrogens (tertiary/aromatic N) is 1. The van der Waals surface area contributed by atoms with Gasteiger partial charge >= 0.3 is 12.1 Å². The van der Waals surface area contributed by atoms with Crippen LogP contribution in [0.4, 0.5) is 4.79 Å². The van der Waals surface area contributed by atoms with E-state index >= 15 is 0 Å². The molecule has 0 radical (unpaired) electrons. The maximum atomic E-state index is 13.9. The fraction of sp³-hybridized carbons (Fsp3) is 0.600. The van der Waals surface area contributed by atoms with Gasteiger partial charge < -0.3 is 14.2 Å². The molecular weight excluding hydrogens is 603 g/mol. The first-order valence-corrected chi connectivity index (χ1v) is 20.4. The molecule has 0 spiro atoms. The molecule has 1 aliphatic carbocycles. The summed E-state index contributed by atoms with van der Waals surface area (Å²) in [6.07, 6.45) is 5.08. The normalized spacial score (nSPS) is 19.6. The number of ether oxygens (including phenoxy) is 3. The number of amides is 1. The van der Waals surface area contributed by atoms with Crippen molar-refractivity contribution in [2.24, 2.45) is 11.8 Å². The van der Waals surface area contributed by atoms with Gasteiger partial charge in [-0.1, -0.05) is 117 Å². The predicted octanol–water partition coefficient (Wildman–Crippen LogP) is 8.84. The van der Waals surface area contributed by atoms with Crippen LogP contribution < -0.4 is 5.19 Å². The number of carbonyl (C=O) groups is 2. The number of hydrogen-bond acceptors (Lipinski definition) is 5. The SMILES string of the molecule is C[C@@H]1CC[C@@H](C(C)(C)c2ccccc2)[C@H](OC(=O)CN(C/C(=C/CCOC(C)(C)C)[Si](C)(C)c2ccccc2)C(=O)OC(C)(C)C)C1. The van der Waals surface area contributed by atoms with Gasteiger partial charge in [0.05, 0.1) is 12.2 Å². The molecule has 0 unspecified atom stereocenters. The van der Waals surface area contributed by atoms with Gasteiger partial charge in [-0.05, 0) is 77.7 Å². The van der Waals surface area contributed by atoms with E-state index in [9.17, 15) is 9.59 Å². The highest BCUT2D eigenvalue weighted by Gasteiger charge is 2.42. The Kier molecular flexibility index (Phi) is 13.1. The molecule has 0 aromatic heterocycles. The van der Waals surface area contributed by atoms with Crippen LogP contribution in [0.25, 0.3) is 0 Å². The lowest BCUT2D eigenvalue weighted by Gasteiger charge is -2.44. The third-order valence-electron chi connectivity index (χ3n) is 9.46. The van der Waals surface area contributed by atoms with Crippen LogP contribution in [0.2, 0.25) is 13.1 Å². The van der Waals surface area contributed by atoms with Crippen molar-refractivity contribution in [3.05, 3.63) is 77.5 Å². The van der Waals surface area contributed by atoms with Crippen molar-refractivity contribution in [3.8, 4) is 0 Å². The van der Waals surface area contributed by atoms with Crippen LogP contribution in [0.5, 0.6) is 0 Å². The number of rotatable bonds is 12. The first-order valence-electron chi connectivity index (χ1n) is 17.4. The molecule has 1 fully saturated rings. The summed E-state index contributed by atoms with van der Waals surface area (Å²) in [5.74, 6) is 0.237. The molecule has 1 aliphatic rings. The molecule has 2 aromatic carbocycles. The fourth-order valence-corrected chi connectivity index (χ4v) is 9.24. The molecular formula is C40H61NO5Si. The lowest BCUT2D eigenvalue weighted by Crippen LogP contribution is -2.50. The van der Waals surface area contributed by atoms with Gasteiger partial charge in [0.2, 0.25) is 0 Å². The lowest BCUT2D eigenvalue weighted by molar-refractivity contribution is -0.157. The summed E-state index contributed by atoms with van der Waals surface area (Å²) in [7, 11) is -2.24. The molecule has 0 aliphatic heterocycles. The van der Waals surface area contributed by atoms with E-state index in [0.29, 0.717) is 18.9 Å². The van der Waals surface area contributed by atoms with E-state index in [1.165, 1.54) is 10.8 Å². The number of esters is 1. The Bertz CT molecular complexity index is 1320. The largest absolute Gasteiger partial charge is 0.461 e. The van der Waals surface area contributed by atoms with Gasteiger partial charge in [-0.3, -0.25) is 9.69 Å². The molecule has 47 heavy (non-hydrogen) atoms. The second-order valence-electron chi connectivity index (χ2n) is 16.4. The highest BCUT2D eigenvalue weighted by molar-refractivity contribution is 6.95. The Morgan fingerprint density at radius 1 is 0.851 bits per heavy atom. The second-order valence-corrected chi connectivity index (χ2v) is 20.9. The van der Waals surface area contributed by atoms with E-state index in [0.717, 1.165) is 24.5 Å². The first-order chi connectivity index (χ1) is 21.8. The Morgan fingerprint density at radius 2 is 1.45 bits per heavy atom. The second kappa shape index (κ2) is 16.0. The van der Waals surface area contributed by atoms with Crippen LogP contribution in [-0.4, -0.2) is 62.0 Å². The summed E-state index contributed by atoms with van der Waals surface area (Å²) < 4.78 is 18.3. The topological polar surface area (TPSA) is 65.1 Å². The minimum Gasteiger partial charge on any atom is -0.461 e. The summed E-state index contributed by atoms with van der Waals surface area (Å²) >= 11 is 0. The van der Waals surface area contributed by atoms with Gasteiger partial charge in [-0.2, -0.15) is 0 Å². The van der Waals surface area contributed by atoms with Crippen LogP contribution in [0.3, 0.4) is 0 Å². The summed E-state index contributed by atoms with van der Waals surface area (Å²) in [5, 5.41) is 2.41. The maximum Gasteiger partial charge on any atom is 0.411 e. The molecule has 2 aromatic rings. The summed E-state index contributed by atoms with van der Waals surface area (Å²) in [6, 6.07) is 21.0. The van der Waals surface area contributed by atoms with Crippen LogP contribution in [-0.2, 0) is 24.4 Å². The van der Waals surface area contributed by atoms with E-state index in [-0.39, 0.29) is 36.1 Å². The Morgan fingerprint density at radius 3 is 2.02 bits per heavy atom. The molecule has 0 N–H and O–H groups in total. The monoisotopic (exact) mass is 663 g/mol. The van der Waals surface area contributed by atoms with Gasteiger partial charge in [0, 0.05) is 12.5 Å². The van der Waals surface area contributed by atoms with Crippen molar-refractivity contribution in [2.45, 2.75) is 124 Å². The zero-order valence-corrected chi connectivity index (χ0v) is 32.0. The minimum absolute atomic E-state index is 0.169. The summed E-state index contributed by atoms with van der Waals surface area (Å²) in [6.45, 7) is 23.7. The Hall–Kier alpha value is -2.90. The van der Waals surface area contributed by atoms with Gasteiger partial charge in [0.15, 0.2) is 0 Å². The van der Waals surface area contributed by atoms with Crippen molar-refractivity contribution in [3.63, 3.8) is 0 Å². The molecule has 0 heterocycles. The van der Waals surface area contributed by atoms with Crippen LogP contribution in [0, 0.1) is 11.8 Å². The Balaban J connectivity index is 1.91. The third-order valence-corrected chi connectivity index (χ3v) is 13.2. The van der Waals surface area contributed by atoms with Crippen LogP contribution in [0.15, 0.2) is 71.9 Å². The zero-order valence-electron chi connectivity index (χ0n) is 31.0. The zero-order chi connectivity index (χ0) is 35.0. The van der Waals surface area contributed by atoms with E-state index in [2.05, 4.69) is 109 Å². The fourth-order valence-electron chi connectivity index (χ4n) is 6.60. The molecule has 3 atom stereocenters. The highest BCUT2D eigenvalue weighted by atomic mass is 28.3. The standard InChI is InChI=1S/C40H61NO5Si/c1-30-24-25-34(40(8,9)31-19-14-12-15-20-31)35(27-30)45-36(42)29-41(37(43)46-39(5,6)7)28-33(23-18-26-44-38(2,3)4)47(10,11)32-21-16-13-17-22-32/h12-17,19-23,30,34-35H,18,24-29H2,1-11H3/b33-23-/t30-,34-,35-/m1/s1. The number of benzene rings is 2. The van der Waals surface area contributed by atoms with E-state index in [1.807, 2.05) is 32.9 Å². The maximum absolute atomic E-state index is 13.9. The molecule has 1 saturated carbocycles. The molecule has 6 nitrogen and oxygen atoms in total. The molecule has 3 rings (SSSR count). The third kappa shape index (κ3) is 11.6. The average Bonchev–Trinajstić information content (AvgIpc) is 2.97. The van der Waals surface area contributed by atoms with Crippen molar-refractivity contribution in [1.82, 2.24) is 4.90 Å². The first kappa shape index (κ1) is 38.5. The molecule has 260 valence electrons. The van der Waals surface area contributed by atoms with Gasteiger partial charge in [-0.15, -0.1) is 0 Å². The molecule has 7 heteroatoms. The van der Waals surface area contributed by atoms with Gasteiger partial charge in [-0.25, -0.2) is 4.79 Å². The van der Waals surface area contributed by atoms with Crippen molar-refractivity contribution < 1.29 is 23.8 Å². The quantitative estimate of drug-likeness (QED) is 0.129. The van der Waals surface area contributed by atoms with Crippen molar-refractivity contribution in [2.75, 3.05) is 19.7 Å². The van der Waals surface area contributed by atoms with E-state index in [4.69, 9.17) is 14.2 Å². The molecule has 0 bridgehead atoms. The van der Waals surface area contributed by atoms with Crippen LogP contribution >= 0.6 is 0 Å². The summed E-state index contributed by atoms with van der Waals surface area (Å²) in [5.41, 5.74) is 0.123. The summed E-state index contributed by atoms with van der Waals surface area (Å²) in [4.78, 5) is 29.2. The predicted molar refractivity (Wildman–Crippen MR) is 196 cm³/mol. The lowest BCUT2D eigenvalue weighted by atomic mass is 9.64. The number of hydrogen-bond donors (Lipinski definition) is 0. The van der Waals surface area contributed by atoms with E-state index < -0.39 is 25.7 Å². The highest BCUT2D eigenvalue weighted by Crippen LogP contribution is 2.43. The van der Waals surface area contributed by atoms with Crippen LogP contribution in [0.1, 0.15) is 93.6 Å². The average molecular weight is 664 g/mol. The van der Waals surface area contributed by atoms with Gasteiger partial charge in [0.1, 0.15) is 26.3 Å². The Labute approximate surface area is 286 Å². The number of carbonyl (C=O) groups excluding carboxylic acids is 2. The van der Waals surface area contributed by atoms with Crippen molar-refractivity contribution >= 4 is 25.3 Å². The minimum atomic E-state index is -2.24. The molecule has 1 amide bonds. The van der Waals surface area contributed by atoms with Gasteiger partial charge in [0.25, 0.3) is 0 Å². The van der Waals surface area contributed by atoms with Crippen molar-refractivity contribution in [1.29, 1.82) is 0 Å².